The molecule has 0 aliphatic heterocycles. The minimum Gasteiger partial charge on any atom is -0.308 e. The summed E-state index contributed by atoms with van der Waals surface area (Å²) in [6, 6.07) is 9.25. The molecule has 0 unspecified atom stereocenters. The summed E-state index contributed by atoms with van der Waals surface area (Å²) in [5.41, 5.74) is 1.87. The Bertz CT molecular complexity index is 598. The summed E-state index contributed by atoms with van der Waals surface area (Å²) < 4.78 is 1.11. The van der Waals surface area contributed by atoms with Gasteiger partial charge in [0.2, 0.25) is 0 Å². The highest BCUT2D eigenvalue weighted by Crippen LogP contribution is 2.23. The zero-order valence-corrected chi connectivity index (χ0v) is 12.8. The Morgan fingerprint density at radius 3 is 2.74 bits per heavy atom. The standard InChI is InChI=1S/C13H13BrN2O2S/c1-9-10(3-2-4-12(9)16(17)18)7-15-8-11-5-6-13(14)19-11/h2-6,15H,7-8H2,1H3. The van der Waals surface area contributed by atoms with Gasteiger partial charge in [-0.1, -0.05) is 12.1 Å². The van der Waals surface area contributed by atoms with Crippen LogP contribution >= 0.6 is 27.3 Å². The molecule has 0 aliphatic carbocycles. The molecule has 4 nitrogen and oxygen atoms in total. The van der Waals surface area contributed by atoms with E-state index in [-0.39, 0.29) is 10.6 Å². The molecule has 2 aromatic rings. The van der Waals surface area contributed by atoms with E-state index in [2.05, 4.69) is 27.3 Å². The molecule has 100 valence electrons. The molecular weight excluding hydrogens is 328 g/mol. The van der Waals surface area contributed by atoms with E-state index in [0.29, 0.717) is 6.54 Å². The molecule has 0 saturated heterocycles. The zero-order valence-electron chi connectivity index (χ0n) is 10.4. The summed E-state index contributed by atoms with van der Waals surface area (Å²) in [5, 5.41) is 14.2. The number of halogens is 1. The molecular formula is C13H13BrN2O2S. The predicted octanol–water partition coefficient (Wildman–Crippen LogP) is 4.02. The Morgan fingerprint density at radius 1 is 1.32 bits per heavy atom. The Morgan fingerprint density at radius 2 is 2.11 bits per heavy atom. The number of nitrogens with one attached hydrogen (secondary N) is 1. The van der Waals surface area contributed by atoms with Crippen LogP contribution in [0.4, 0.5) is 5.69 Å². The van der Waals surface area contributed by atoms with Crippen molar-refractivity contribution in [2.45, 2.75) is 20.0 Å². The van der Waals surface area contributed by atoms with Crippen molar-refractivity contribution in [1.29, 1.82) is 0 Å². The van der Waals surface area contributed by atoms with Crippen molar-refractivity contribution in [1.82, 2.24) is 5.32 Å². The van der Waals surface area contributed by atoms with E-state index < -0.39 is 0 Å². The van der Waals surface area contributed by atoms with E-state index in [1.807, 2.05) is 12.1 Å². The van der Waals surface area contributed by atoms with Gasteiger partial charge in [-0.15, -0.1) is 11.3 Å². The number of thiophene rings is 1. The van der Waals surface area contributed by atoms with Crippen LogP contribution in [0.3, 0.4) is 0 Å². The van der Waals surface area contributed by atoms with E-state index in [1.54, 1.807) is 24.3 Å². The van der Waals surface area contributed by atoms with Gasteiger partial charge in [-0.25, -0.2) is 0 Å². The topological polar surface area (TPSA) is 55.2 Å². The van der Waals surface area contributed by atoms with Crippen molar-refractivity contribution in [3.8, 4) is 0 Å². The molecule has 0 saturated carbocycles. The van der Waals surface area contributed by atoms with Gasteiger partial charge in [0.1, 0.15) is 0 Å². The Balaban J connectivity index is 2.00. The number of benzene rings is 1. The normalized spacial score (nSPS) is 10.6. The summed E-state index contributed by atoms with van der Waals surface area (Å²) in [6.45, 7) is 3.18. The summed E-state index contributed by atoms with van der Waals surface area (Å²) in [4.78, 5) is 11.7. The smallest absolute Gasteiger partial charge is 0.272 e. The molecule has 6 heteroatoms. The number of nitro groups is 1. The maximum atomic E-state index is 10.9. The predicted molar refractivity (Wildman–Crippen MR) is 80.4 cm³/mol. The van der Waals surface area contributed by atoms with Crippen molar-refractivity contribution in [2.75, 3.05) is 0 Å². The Kier molecular flexibility index (Phi) is 4.68. The number of nitrogens with zero attached hydrogens (tertiary/aromatic N) is 1. The first-order chi connectivity index (χ1) is 9.08. The fourth-order valence-electron chi connectivity index (χ4n) is 1.83. The number of hydrogen-bond donors (Lipinski definition) is 1. The van der Waals surface area contributed by atoms with Crippen molar-refractivity contribution in [3.05, 3.63) is 60.2 Å². The lowest BCUT2D eigenvalue weighted by Crippen LogP contribution is -2.13. The van der Waals surface area contributed by atoms with Crippen LogP contribution in [0.15, 0.2) is 34.1 Å². The summed E-state index contributed by atoms with van der Waals surface area (Å²) in [5.74, 6) is 0. The average Bonchev–Trinajstić information content (AvgIpc) is 2.77. The highest BCUT2D eigenvalue weighted by molar-refractivity contribution is 9.11. The van der Waals surface area contributed by atoms with Crippen LogP contribution in [0.25, 0.3) is 0 Å². The van der Waals surface area contributed by atoms with Gasteiger partial charge in [-0.3, -0.25) is 10.1 Å². The first-order valence-corrected chi connectivity index (χ1v) is 7.36. The quantitative estimate of drug-likeness (QED) is 0.660. The van der Waals surface area contributed by atoms with Crippen LogP contribution < -0.4 is 5.32 Å². The second-order valence-corrected chi connectivity index (χ2v) is 6.68. The van der Waals surface area contributed by atoms with Gasteiger partial charge in [0.25, 0.3) is 5.69 Å². The molecule has 1 N–H and O–H groups in total. The molecule has 1 aromatic carbocycles. The molecule has 0 bridgehead atoms. The lowest BCUT2D eigenvalue weighted by atomic mass is 10.1. The van der Waals surface area contributed by atoms with Crippen LogP contribution in [0, 0.1) is 17.0 Å². The number of hydrogen-bond acceptors (Lipinski definition) is 4. The van der Waals surface area contributed by atoms with Crippen LogP contribution in [0.5, 0.6) is 0 Å². The van der Waals surface area contributed by atoms with Crippen LogP contribution in [-0.4, -0.2) is 4.92 Å². The van der Waals surface area contributed by atoms with Crippen molar-refractivity contribution in [3.63, 3.8) is 0 Å². The third kappa shape index (κ3) is 3.62. The molecule has 0 amide bonds. The fraction of sp³-hybridized carbons (Fsp3) is 0.231. The van der Waals surface area contributed by atoms with E-state index in [4.69, 9.17) is 0 Å². The van der Waals surface area contributed by atoms with Gasteiger partial charge in [0, 0.05) is 29.6 Å². The van der Waals surface area contributed by atoms with E-state index in [9.17, 15) is 10.1 Å². The molecule has 2 rings (SSSR count). The zero-order chi connectivity index (χ0) is 13.8. The van der Waals surface area contributed by atoms with Crippen LogP contribution in [0.1, 0.15) is 16.0 Å². The summed E-state index contributed by atoms with van der Waals surface area (Å²) >= 11 is 5.10. The maximum Gasteiger partial charge on any atom is 0.272 e. The van der Waals surface area contributed by atoms with Crippen molar-refractivity contribution in [2.24, 2.45) is 0 Å². The maximum absolute atomic E-state index is 10.9. The highest BCUT2D eigenvalue weighted by atomic mass is 79.9. The third-order valence-corrected chi connectivity index (χ3v) is 4.48. The first kappa shape index (κ1) is 14.2. The lowest BCUT2D eigenvalue weighted by molar-refractivity contribution is -0.385. The molecule has 19 heavy (non-hydrogen) atoms. The second-order valence-electron chi connectivity index (χ2n) is 4.13. The van der Waals surface area contributed by atoms with Crippen molar-refractivity contribution < 1.29 is 4.92 Å². The Hall–Kier alpha value is -1.24. The van der Waals surface area contributed by atoms with Crippen LogP contribution in [-0.2, 0) is 13.1 Å². The minimum absolute atomic E-state index is 0.179. The molecule has 0 atom stereocenters. The van der Waals surface area contributed by atoms with E-state index in [1.165, 1.54) is 10.9 Å². The largest absolute Gasteiger partial charge is 0.308 e. The summed E-state index contributed by atoms with van der Waals surface area (Å²) in [7, 11) is 0. The van der Waals surface area contributed by atoms with Gasteiger partial charge < -0.3 is 5.32 Å². The van der Waals surface area contributed by atoms with Gasteiger partial charge in [0.15, 0.2) is 0 Å². The molecule has 0 radical (unpaired) electrons. The SMILES string of the molecule is Cc1c(CNCc2ccc(Br)s2)cccc1[N+](=O)[O-]. The molecule has 1 heterocycles. The van der Waals surface area contributed by atoms with Crippen molar-refractivity contribution >= 4 is 33.0 Å². The molecule has 0 fully saturated rings. The van der Waals surface area contributed by atoms with Crippen LogP contribution in [0.2, 0.25) is 0 Å². The fourth-order valence-corrected chi connectivity index (χ4v) is 3.28. The van der Waals surface area contributed by atoms with Gasteiger partial charge in [0.05, 0.1) is 8.71 Å². The summed E-state index contributed by atoms with van der Waals surface area (Å²) in [6.07, 6.45) is 0. The highest BCUT2D eigenvalue weighted by Gasteiger charge is 2.12. The lowest BCUT2D eigenvalue weighted by Gasteiger charge is -2.07. The molecule has 1 aromatic heterocycles. The number of rotatable bonds is 5. The minimum atomic E-state index is -0.338. The monoisotopic (exact) mass is 340 g/mol. The van der Waals surface area contributed by atoms with Gasteiger partial charge in [-0.05, 0) is 40.5 Å². The van der Waals surface area contributed by atoms with Gasteiger partial charge >= 0.3 is 0 Å². The van der Waals surface area contributed by atoms with Gasteiger partial charge in [-0.2, -0.15) is 0 Å². The first-order valence-electron chi connectivity index (χ1n) is 5.75. The molecule has 0 aliphatic rings. The Labute approximate surface area is 123 Å². The van der Waals surface area contributed by atoms with E-state index >= 15 is 0 Å². The average molecular weight is 341 g/mol. The van der Waals surface area contributed by atoms with E-state index in [0.717, 1.165) is 21.5 Å². The third-order valence-electron chi connectivity index (χ3n) is 2.86. The number of nitro benzene ring substituents is 1. The molecule has 0 spiro atoms. The second kappa shape index (κ2) is 6.27.